The largest absolute Gasteiger partial charge is 0.323 e. The highest BCUT2D eigenvalue weighted by atomic mass is 15.1. The Hall–Kier alpha value is -1.64. The van der Waals surface area contributed by atoms with Gasteiger partial charge in [0.25, 0.3) is 0 Å². The Labute approximate surface area is 122 Å². The Morgan fingerprint density at radius 3 is 1.95 bits per heavy atom. The van der Waals surface area contributed by atoms with E-state index >= 15 is 0 Å². The summed E-state index contributed by atoms with van der Waals surface area (Å²) in [6, 6.07) is 17.2. The molecule has 0 heterocycles. The van der Waals surface area contributed by atoms with E-state index in [2.05, 4.69) is 74.3 Å². The van der Waals surface area contributed by atoms with E-state index in [9.17, 15) is 0 Å². The molecule has 1 unspecified atom stereocenters. The molecule has 106 valence electrons. The summed E-state index contributed by atoms with van der Waals surface area (Å²) < 4.78 is 0. The molecular weight excluding hydrogens is 244 g/mol. The molecule has 0 aliphatic heterocycles. The molecule has 0 fully saturated rings. The van der Waals surface area contributed by atoms with Crippen LogP contribution in [-0.2, 0) is 6.54 Å². The van der Waals surface area contributed by atoms with Gasteiger partial charge in [-0.05, 0) is 32.0 Å². The molecule has 2 aromatic rings. The molecule has 0 aromatic heterocycles. The summed E-state index contributed by atoms with van der Waals surface area (Å²) in [5.74, 6) is 0. The summed E-state index contributed by atoms with van der Waals surface area (Å²) in [5, 5.41) is 0. The van der Waals surface area contributed by atoms with Crippen molar-refractivity contribution >= 4 is 0 Å². The van der Waals surface area contributed by atoms with Crippen molar-refractivity contribution < 1.29 is 0 Å². The van der Waals surface area contributed by atoms with Gasteiger partial charge in [-0.15, -0.1) is 0 Å². The minimum absolute atomic E-state index is 0.0612. The molecule has 2 N–H and O–H groups in total. The number of hydrogen-bond donors (Lipinski definition) is 1. The zero-order valence-corrected chi connectivity index (χ0v) is 12.6. The average molecular weight is 268 g/mol. The number of aryl methyl sites for hydroxylation is 2. The van der Waals surface area contributed by atoms with E-state index in [0.29, 0.717) is 0 Å². The number of nitrogens with two attached hydrogens (primary N) is 1. The molecular formula is C18H24N2. The number of hydrogen-bond acceptors (Lipinski definition) is 2. The van der Waals surface area contributed by atoms with Crippen LogP contribution < -0.4 is 5.73 Å². The molecule has 0 aliphatic carbocycles. The van der Waals surface area contributed by atoms with E-state index in [1.807, 2.05) is 0 Å². The van der Waals surface area contributed by atoms with E-state index in [-0.39, 0.29) is 6.04 Å². The molecule has 2 aromatic carbocycles. The lowest BCUT2D eigenvalue weighted by Crippen LogP contribution is -2.28. The summed E-state index contributed by atoms with van der Waals surface area (Å²) in [6.07, 6.45) is 0. The van der Waals surface area contributed by atoms with Crippen LogP contribution in [0.3, 0.4) is 0 Å². The minimum atomic E-state index is 0.0612. The van der Waals surface area contributed by atoms with Gasteiger partial charge in [0.05, 0.1) is 0 Å². The van der Waals surface area contributed by atoms with E-state index in [4.69, 9.17) is 5.73 Å². The predicted octanol–water partition coefficient (Wildman–Crippen LogP) is 3.44. The van der Waals surface area contributed by atoms with Gasteiger partial charge in [0.15, 0.2) is 0 Å². The van der Waals surface area contributed by atoms with E-state index < -0.39 is 0 Å². The molecule has 0 bridgehead atoms. The monoisotopic (exact) mass is 268 g/mol. The molecule has 0 saturated carbocycles. The Morgan fingerprint density at radius 2 is 1.40 bits per heavy atom. The predicted molar refractivity (Wildman–Crippen MR) is 85.6 cm³/mol. The summed E-state index contributed by atoms with van der Waals surface area (Å²) >= 11 is 0. The van der Waals surface area contributed by atoms with Gasteiger partial charge in [-0.3, -0.25) is 0 Å². The fraction of sp³-hybridized carbons (Fsp3) is 0.333. The maximum atomic E-state index is 6.28. The van der Waals surface area contributed by atoms with Crippen LogP contribution in [0.25, 0.3) is 0 Å². The number of benzene rings is 2. The van der Waals surface area contributed by atoms with Gasteiger partial charge in [-0.1, -0.05) is 59.7 Å². The highest BCUT2D eigenvalue weighted by molar-refractivity contribution is 5.24. The summed E-state index contributed by atoms with van der Waals surface area (Å²) in [5.41, 5.74) is 11.4. The fourth-order valence-corrected chi connectivity index (χ4v) is 2.32. The molecule has 20 heavy (non-hydrogen) atoms. The van der Waals surface area contributed by atoms with Gasteiger partial charge in [-0.25, -0.2) is 0 Å². The summed E-state index contributed by atoms with van der Waals surface area (Å²) in [4.78, 5) is 2.27. The lowest BCUT2D eigenvalue weighted by atomic mass is 10.1. The van der Waals surface area contributed by atoms with Crippen molar-refractivity contribution in [2.24, 2.45) is 5.73 Å². The Bertz CT molecular complexity index is 528. The van der Waals surface area contributed by atoms with Crippen LogP contribution in [0.2, 0.25) is 0 Å². The molecule has 0 spiro atoms. The normalized spacial score (nSPS) is 12.7. The first kappa shape index (κ1) is 14.8. The highest BCUT2D eigenvalue weighted by Crippen LogP contribution is 2.14. The Balaban J connectivity index is 1.92. The molecule has 0 amide bonds. The number of likely N-dealkylation sites (N-methyl/N-ethyl adjacent to an activating group) is 1. The number of nitrogens with zero attached hydrogens (tertiary/aromatic N) is 1. The van der Waals surface area contributed by atoms with E-state index in [0.717, 1.165) is 13.1 Å². The second-order valence-electron chi connectivity index (χ2n) is 5.70. The van der Waals surface area contributed by atoms with Crippen LogP contribution in [0.15, 0.2) is 48.5 Å². The van der Waals surface area contributed by atoms with Crippen molar-refractivity contribution in [1.29, 1.82) is 0 Å². The topological polar surface area (TPSA) is 29.3 Å². The lowest BCUT2D eigenvalue weighted by Gasteiger charge is -2.21. The van der Waals surface area contributed by atoms with Crippen LogP contribution >= 0.6 is 0 Å². The van der Waals surface area contributed by atoms with Gasteiger partial charge in [0.1, 0.15) is 0 Å². The summed E-state index contributed by atoms with van der Waals surface area (Å²) in [7, 11) is 2.12. The average Bonchev–Trinajstić information content (AvgIpc) is 2.42. The first-order valence-electron chi connectivity index (χ1n) is 7.11. The third kappa shape index (κ3) is 4.19. The molecule has 1 atom stereocenters. The van der Waals surface area contributed by atoms with Gasteiger partial charge in [0, 0.05) is 19.1 Å². The van der Waals surface area contributed by atoms with Gasteiger partial charge in [-0.2, -0.15) is 0 Å². The molecule has 2 heteroatoms. The van der Waals surface area contributed by atoms with E-state index in [1.165, 1.54) is 22.3 Å². The van der Waals surface area contributed by atoms with Crippen molar-refractivity contribution in [3.8, 4) is 0 Å². The minimum Gasteiger partial charge on any atom is -0.323 e. The fourth-order valence-electron chi connectivity index (χ4n) is 2.32. The zero-order valence-electron chi connectivity index (χ0n) is 12.6. The van der Waals surface area contributed by atoms with Crippen LogP contribution in [0, 0.1) is 13.8 Å². The highest BCUT2D eigenvalue weighted by Gasteiger charge is 2.09. The molecule has 0 saturated heterocycles. The van der Waals surface area contributed by atoms with Crippen molar-refractivity contribution in [2.75, 3.05) is 13.6 Å². The van der Waals surface area contributed by atoms with Crippen LogP contribution in [0.5, 0.6) is 0 Å². The second kappa shape index (κ2) is 6.69. The van der Waals surface area contributed by atoms with Crippen molar-refractivity contribution in [1.82, 2.24) is 4.90 Å². The van der Waals surface area contributed by atoms with E-state index in [1.54, 1.807) is 0 Å². The third-order valence-corrected chi connectivity index (χ3v) is 3.59. The first-order chi connectivity index (χ1) is 9.54. The van der Waals surface area contributed by atoms with Crippen molar-refractivity contribution in [3.05, 3.63) is 70.8 Å². The molecule has 2 rings (SSSR count). The molecule has 0 radical (unpaired) electrons. The maximum absolute atomic E-state index is 6.28. The smallest absolute Gasteiger partial charge is 0.0424 e. The number of rotatable bonds is 5. The Kier molecular flexibility index (Phi) is 4.94. The molecule has 0 aliphatic rings. The van der Waals surface area contributed by atoms with Gasteiger partial charge < -0.3 is 10.6 Å². The van der Waals surface area contributed by atoms with Gasteiger partial charge in [0.2, 0.25) is 0 Å². The third-order valence-electron chi connectivity index (χ3n) is 3.59. The standard InChI is InChI=1S/C18H24N2/c1-14-4-8-16(9-5-14)12-20(3)13-18(19)17-10-6-15(2)7-11-17/h4-11,18H,12-13,19H2,1-3H3. The zero-order chi connectivity index (χ0) is 14.5. The maximum Gasteiger partial charge on any atom is 0.0424 e. The Morgan fingerprint density at radius 1 is 0.900 bits per heavy atom. The van der Waals surface area contributed by atoms with Crippen LogP contribution in [0.4, 0.5) is 0 Å². The SMILES string of the molecule is Cc1ccc(CN(C)CC(N)c2ccc(C)cc2)cc1. The van der Waals surface area contributed by atoms with Crippen molar-refractivity contribution in [2.45, 2.75) is 26.4 Å². The lowest BCUT2D eigenvalue weighted by molar-refractivity contribution is 0.305. The van der Waals surface area contributed by atoms with Crippen LogP contribution in [-0.4, -0.2) is 18.5 Å². The first-order valence-corrected chi connectivity index (χ1v) is 7.11. The van der Waals surface area contributed by atoms with Crippen molar-refractivity contribution in [3.63, 3.8) is 0 Å². The van der Waals surface area contributed by atoms with Crippen LogP contribution in [0.1, 0.15) is 28.3 Å². The quantitative estimate of drug-likeness (QED) is 0.900. The molecule has 2 nitrogen and oxygen atoms in total. The summed E-state index contributed by atoms with van der Waals surface area (Å²) in [6.45, 7) is 6.00. The second-order valence-corrected chi connectivity index (χ2v) is 5.70. The van der Waals surface area contributed by atoms with Gasteiger partial charge >= 0.3 is 0 Å².